The molecule has 0 aliphatic carbocycles. The Kier molecular flexibility index (Phi) is 8.58. The van der Waals surface area contributed by atoms with Crippen LogP contribution in [0.25, 0.3) is 4.83 Å². The van der Waals surface area contributed by atoms with Gasteiger partial charge in [0.1, 0.15) is 0 Å². The molecule has 24 heavy (non-hydrogen) atoms. The Hall–Kier alpha value is -0.0713. The summed E-state index contributed by atoms with van der Waals surface area (Å²) >= 11 is -0.254. The van der Waals surface area contributed by atoms with Crippen LogP contribution >= 0.6 is 11.3 Å². The van der Waals surface area contributed by atoms with Gasteiger partial charge < -0.3 is 0 Å². The summed E-state index contributed by atoms with van der Waals surface area (Å²) in [6.45, 7) is 7.65. The summed E-state index contributed by atoms with van der Waals surface area (Å²) in [6.07, 6.45) is 12.7. The summed E-state index contributed by atoms with van der Waals surface area (Å²) in [7, 11) is 1.76. The van der Waals surface area contributed by atoms with Crippen LogP contribution in [0.5, 0.6) is 0 Å². The third kappa shape index (κ3) is 4.76. The summed E-state index contributed by atoms with van der Waals surface area (Å²) < 4.78 is 14.0. The van der Waals surface area contributed by atoms with Crippen LogP contribution < -0.4 is 2.89 Å². The standard InChI is InChI=1S/C7H7N2OS.3C4H9.Sn/c1-10-4-6-7-9(5-8-6)2-3-11-7;3*1-3-4-2;/h2,5H,4H2,1H3;3*1,3-4H2,2H3;. The van der Waals surface area contributed by atoms with E-state index in [1.165, 1.54) is 56.7 Å². The van der Waals surface area contributed by atoms with Gasteiger partial charge in [-0.15, -0.1) is 0 Å². The molecule has 2 rings (SSSR count). The van der Waals surface area contributed by atoms with Crippen molar-refractivity contribution in [2.75, 3.05) is 7.11 Å². The van der Waals surface area contributed by atoms with Gasteiger partial charge >= 0.3 is 156 Å². The molecule has 2 heterocycles. The summed E-state index contributed by atoms with van der Waals surface area (Å²) in [5.74, 6) is 0. The number of hydrogen-bond donors (Lipinski definition) is 0. The summed E-state index contributed by atoms with van der Waals surface area (Å²) in [4.78, 5) is 5.84. The first-order chi connectivity index (χ1) is 11.7. The van der Waals surface area contributed by atoms with Gasteiger partial charge in [0.05, 0.1) is 0 Å². The summed E-state index contributed by atoms with van der Waals surface area (Å²) in [6, 6.07) is 0. The van der Waals surface area contributed by atoms with Crippen molar-refractivity contribution in [3.8, 4) is 0 Å². The van der Waals surface area contributed by atoms with Crippen LogP contribution in [0.15, 0.2) is 12.5 Å². The summed E-state index contributed by atoms with van der Waals surface area (Å²) in [5, 5.41) is 0. The Morgan fingerprint density at radius 3 is 2.12 bits per heavy atom. The van der Waals surface area contributed by atoms with Crippen molar-refractivity contribution in [1.29, 1.82) is 0 Å². The van der Waals surface area contributed by atoms with Crippen molar-refractivity contribution in [2.45, 2.75) is 79.2 Å². The first-order valence-corrected chi connectivity index (χ1v) is 17.9. The fourth-order valence-electron chi connectivity index (χ4n) is 3.62. The van der Waals surface area contributed by atoms with Crippen LogP contribution in [-0.4, -0.2) is 34.9 Å². The Labute approximate surface area is 155 Å². The quantitative estimate of drug-likeness (QED) is 0.388. The molecule has 0 N–H and O–H groups in total. The molecule has 0 amide bonds. The molecule has 0 bridgehead atoms. The van der Waals surface area contributed by atoms with Gasteiger partial charge in [-0.2, -0.15) is 0 Å². The zero-order valence-electron chi connectivity index (χ0n) is 15.9. The molecule has 0 spiro atoms. The minimum atomic E-state index is -2.30. The summed E-state index contributed by atoms with van der Waals surface area (Å²) in [5.41, 5.74) is 1.11. The molecule has 0 saturated carbocycles. The first-order valence-electron chi connectivity index (χ1n) is 9.65. The number of rotatable bonds is 12. The van der Waals surface area contributed by atoms with E-state index in [0.717, 1.165) is 5.69 Å². The van der Waals surface area contributed by atoms with Gasteiger partial charge in [0.2, 0.25) is 0 Å². The van der Waals surface area contributed by atoms with E-state index in [2.05, 4.69) is 36.4 Å². The van der Waals surface area contributed by atoms with Gasteiger partial charge in [-0.05, 0) is 0 Å². The van der Waals surface area contributed by atoms with Crippen LogP contribution in [0.3, 0.4) is 0 Å². The average Bonchev–Trinajstić information content (AvgIpc) is 3.17. The predicted octanol–water partition coefficient (Wildman–Crippen LogP) is 5.60. The number of unbranched alkanes of at least 4 members (excludes halogenated alkanes) is 3. The molecule has 136 valence electrons. The Morgan fingerprint density at radius 1 is 1.04 bits per heavy atom. The van der Waals surface area contributed by atoms with Gasteiger partial charge in [0.25, 0.3) is 0 Å². The van der Waals surface area contributed by atoms with E-state index in [1.807, 2.05) is 17.7 Å². The topological polar surface area (TPSA) is 26.5 Å². The zero-order valence-corrected chi connectivity index (χ0v) is 19.6. The number of ether oxygens (including phenoxy) is 1. The fraction of sp³-hybridized carbons (Fsp3) is 0.737. The van der Waals surface area contributed by atoms with Crippen molar-refractivity contribution in [3.63, 3.8) is 0 Å². The van der Waals surface area contributed by atoms with Crippen molar-refractivity contribution < 1.29 is 4.74 Å². The van der Waals surface area contributed by atoms with Gasteiger partial charge in [-0.3, -0.25) is 0 Å². The predicted molar refractivity (Wildman–Crippen MR) is 108 cm³/mol. The molecule has 0 radical (unpaired) electrons. The number of fused-ring (bicyclic) bond motifs is 1. The SMILES string of the molecule is CCC[CH2][Sn]([CH2]CCC)([CH2]CCC)[c]1cn2cnc(COC)c2s1. The van der Waals surface area contributed by atoms with Crippen molar-refractivity contribution in [1.82, 2.24) is 9.38 Å². The average molecular weight is 457 g/mol. The monoisotopic (exact) mass is 458 g/mol. The van der Waals surface area contributed by atoms with Crippen LogP contribution in [0.1, 0.15) is 65.0 Å². The number of methoxy groups -OCH3 is 1. The second kappa shape index (κ2) is 10.2. The molecule has 3 nitrogen and oxygen atoms in total. The van der Waals surface area contributed by atoms with Crippen LogP contribution in [0.4, 0.5) is 0 Å². The van der Waals surface area contributed by atoms with Gasteiger partial charge in [-0.1, -0.05) is 0 Å². The van der Waals surface area contributed by atoms with Gasteiger partial charge in [0, 0.05) is 0 Å². The number of imidazole rings is 1. The Bertz CT molecular complexity index is 586. The minimum absolute atomic E-state index is 0.623. The number of thiazole rings is 1. The second-order valence-corrected chi connectivity index (χ2v) is 22.2. The molecule has 2 aromatic rings. The number of nitrogens with zero attached hydrogens (tertiary/aromatic N) is 2. The third-order valence-corrected chi connectivity index (χ3v) is 24.4. The number of aromatic nitrogens is 2. The van der Waals surface area contributed by atoms with Crippen LogP contribution in [-0.2, 0) is 11.3 Å². The molecule has 0 aliphatic rings. The van der Waals surface area contributed by atoms with Crippen molar-refractivity contribution >= 4 is 37.4 Å². The van der Waals surface area contributed by atoms with E-state index in [9.17, 15) is 0 Å². The third-order valence-electron chi connectivity index (χ3n) is 5.11. The Morgan fingerprint density at radius 2 is 1.62 bits per heavy atom. The van der Waals surface area contributed by atoms with Crippen molar-refractivity contribution in [2.24, 2.45) is 0 Å². The molecule has 0 aliphatic heterocycles. The molecule has 5 heteroatoms. The van der Waals surface area contributed by atoms with E-state index in [1.54, 1.807) is 10.0 Å². The molecule has 0 unspecified atom stereocenters. The Balaban J connectivity index is 2.38. The fourth-order valence-corrected chi connectivity index (χ4v) is 23.6. The van der Waals surface area contributed by atoms with Crippen LogP contribution in [0, 0.1) is 0 Å². The number of hydrogen-bond acceptors (Lipinski definition) is 3. The van der Waals surface area contributed by atoms with E-state index in [0.29, 0.717) is 6.61 Å². The molecule has 0 aromatic carbocycles. The van der Waals surface area contributed by atoms with E-state index in [4.69, 9.17) is 4.74 Å². The normalized spacial score (nSPS) is 12.3. The van der Waals surface area contributed by atoms with Crippen LogP contribution in [0.2, 0.25) is 13.3 Å². The van der Waals surface area contributed by atoms with E-state index in [-0.39, 0.29) is 0 Å². The van der Waals surface area contributed by atoms with E-state index >= 15 is 0 Å². The zero-order chi connectivity index (χ0) is 17.4. The molecule has 0 fully saturated rings. The maximum absolute atomic E-state index is 5.33. The molecule has 2 aromatic heterocycles. The van der Waals surface area contributed by atoms with Gasteiger partial charge in [0.15, 0.2) is 0 Å². The van der Waals surface area contributed by atoms with E-state index < -0.39 is 18.4 Å². The second-order valence-electron chi connectivity index (χ2n) is 7.02. The van der Waals surface area contributed by atoms with Gasteiger partial charge in [-0.25, -0.2) is 0 Å². The first kappa shape index (κ1) is 20.2. The molecular formula is C19H34N2OSSn. The molecule has 0 saturated heterocycles. The molecule has 0 atom stereocenters. The van der Waals surface area contributed by atoms with Crippen molar-refractivity contribution in [3.05, 3.63) is 18.2 Å². The maximum atomic E-state index is 5.33. The molecular weight excluding hydrogens is 423 g/mol.